The van der Waals surface area contributed by atoms with E-state index in [1.807, 2.05) is 19.1 Å². The van der Waals surface area contributed by atoms with Crippen LogP contribution in [-0.2, 0) is 0 Å². The van der Waals surface area contributed by atoms with Gasteiger partial charge in [0.2, 0.25) is 0 Å². The molecule has 0 radical (unpaired) electrons. The van der Waals surface area contributed by atoms with E-state index in [0.717, 1.165) is 11.3 Å². The molecule has 1 N–H and O–H groups in total. The molecule has 0 bridgehead atoms. The number of imidazole rings is 1. The Bertz CT molecular complexity index is 575. The van der Waals surface area contributed by atoms with Crippen LogP contribution in [0.4, 0.5) is 0 Å². The van der Waals surface area contributed by atoms with E-state index in [2.05, 4.69) is 26.8 Å². The number of aromatic amines is 1. The molecule has 0 saturated carbocycles. The molecule has 0 aliphatic carbocycles. The maximum absolute atomic E-state index is 10.4. The summed E-state index contributed by atoms with van der Waals surface area (Å²) in [4.78, 5) is 21.2. The number of aldehydes is 1. The van der Waals surface area contributed by atoms with Gasteiger partial charge in [-0.05, 0) is 25.0 Å². The normalized spacial score (nSPS) is 9.31. The Labute approximate surface area is 92.8 Å². The average Bonchev–Trinajstić information content (AvgIpc) is 2.74. The Balaban J connectivity index is 2.24. The first kappa shape index (κ1) is 10.1. The second-order valence-corrected chi connectivity index (χ2v) is 3.24. The Morgan fingerprint density at radius 3 is 2.94 bits per heavy atom. The molecule has 4 nitrogen and oxygen atoms in total. The molecule has 2 rings (SSSR count). The topological polar surface area (TPSA) is 58.6 Å². The molecule has 4 heteroatoms. The van der Waals surface area contributed by atoms with Gasteiger partial charge in [0.25, 0.3) is 0 Å². The summed E-state index contributed by atoms with van der Waals surface area (Å²) >= 11 is 0. The minimum Gasteiger partial charge on any atom is -0.329 e. The van der Waals surface area contributed by atoms with Crippen molar-refractivity contribution < 1.29 is 4.79 Å². The van der Waals surface area contributed by atoms with Crippen molar-refractivity contribution in [3.05, 3.63) is 47.3 Å². The number of aryl methyl sites for hydroxylation is 1. The number of hydrogen-bond donors (Lipinski definition) is 1. The lowest BCUT2D eigenvalue weighted by molar-refractivity contribution is 0.111. The van der Waals surface area contributed by atoms with E-state index in [9.17, 15) is 4.79 Å². The quantitative estimate of drug-likeness (QED) is 0.571. The van der Waals surface area contributed by atoms with Crippen LogP contribution >= 0.6 is 0 Å². The first-order valence-electron chi connectivity index (χ1n) is 4.73. The zero-order valence-electron chi connectivity index (χ0n) is 8.69. The lowest BCUT2D eigenvalue weighted by Crippen LogP contribution is -1.83. The van der Waals surface area contributed by atoms with E-state index in [1.165, 1.54) is 6.20 Å². The van der Waals surface area contributed by atoms with Gasteiger partial charge in [-0.2, -0.15) is 0 Å². The number of nitrogens with zero attached hydrogens (tertiary/aromatic N) is 2. The molecule has 0 amide bonds. The molecule has 2 heterocycles. The van der Waals surface area contributed by atoms with Crippen LogP contribution in [0.3, 0.4) is 0 Å². The van der Waals surface area contributed by atoms with E-state index < -0.39 is 0 Å². The third-order valence-corrected chi connectivity index (χ3v) is 1.94. The van der Waals surface area contributed by atoms with Crippen molar-refractivity contribution in [2.75, 3.05) is 0 Å². The van der Waals surface area contributed by atoms with E-state index in [0.29, 0.717) is 17.8 Å². The molecule has 2 aromatic heterocycles. The van der Waals surface area contributed by atoms with Gasteiger partial charge in [-0.25, -0.2) is 4.98 Å². The van der Waals surface area contributed by atoms with Crippen LogP contribution in [-0.4, -0.2) is 21.2 Å². The second-order valence-electron chi connectivity index (χ2n) is 3.24. The standard InChI is InChI=1S/C12H9N3O/c1-9-6-10(4-5-13-9)2-3-12-14-7-11(8-16)15-12/h4-8H,1H3,(H,14,15). The molecule has 16 heavy (non-hydrogen) atoms. The number of pyridine rings is 1. The molecule has 0 aliphatic heterocycles. The van der Waals surface area contributed by atoms with Crippen LogP contribution in [0.25, 0.3) is 0 Å². The van der Waals surface area contributed by atoms with Crippen LogP contribution in [0.1, 0.15) is 27.6 Å². The van der Waals surface area contributed by atoms with Gasteiger partial charge in [0, 0.05) is 17.5 Å². The average molecular weight is 211 g/mol. The Hall–Kier alpha value is -2.41. The fraction of sp³-hybridized carbons (Fsp3) is 0.0833. The van der Waals surface area contributed by atoms with Crippen LogP contribution in [0, 0.1) is 18.8 Å². The molecule has 78 valence electrons. The summed E-state index contributed by atoms with van der Waals surface area (Å²) in [6, 6.07) is 3.71. The maximum atomic E-state index is 10.4. The van der Waals surface area contributed by atoms with E-state index in [-0.39, 0.29) is 0 Å². The summed E-state index contributed by atoms with van der Waals surface area (Å²) in [6.07, 6.45) is 3.86. The second kappa shape index (κ2) is 4.41. The highest BCUT2D eigenvalue weighted by molar-refractivity contribution is 5.71. The van der Waals surface area contributed by atoms with Gasteiger partial charge in [0.1, 0.15) is 0 Å². The molecular formula is C12H9N3O. The minimum atomic E-state index is 0.426. The van der Waals surface area contributed by atoms with Gasteiger partial charge >= 0.3 is 0 Å². The predicted octanol–water partition coefficient (Wildman–Crippen LogP) is 1.33. The predicted molar refractivity (Wildman–Crippen MR) is 58.9 cm³/mol. The number of aromatic nitrogens is 3. The fourth-order valence-corrected chi connectivity index (χ4v) is 1.21. The van der Waals surface area contributed by atoms with Crippen molar-refractivity contribution in [3.63, 3.8) is 0 Å². The summed E-state index contributed by atoms with van der Waals surface area (Å²) in [7, 11) is 0. The summed E-state index contributed by atoms with van der Waals surface area (Å²) in [5, 5.41) is 0. The number of nitrogens with one attached hydrogen (secondary N) is 1. The summed E-state index contributed by atoms with van der Waals surface area (Å²) < 4.78 is 0. The first-order chi connectivity index (χ1) is 7.78. The molecule has 2 aromatic rings. The highest BCUT2D eigenvalue weighted by Gasteiger charge is 1.94. The molecule has 0 spiro atoms. The molecule has 0 atom stereocenters. The zero-order chi connectivity index (χ0) is 11.4. The number of carbonyl (C=O) groups is 1. The van der Waals surface area contributed by atoms with Crippen LogP contribution in [0.15, 0.2) is 24.5 Å². The van der Waals surface area contributed by atoms with Gasteiger partial charge in [0.15, 0.2) is 12.1 Å². The molecule has 0 aromatic carbocycles. The van der Waals surface area contributed by atoms with Crippen LogP contribution in [0.2, 0.25) is 0 Å². The number of rotatable bonds is 1. The first-order valence-corrected chi connectivity index (χ1v) is 4.73. The number of carbonyl (C=O) groups excluding carboxylic acids is 1. The highest BCUT2D eigenvalue weighted by atomic mass is 16.1. The van der Waals surface area contributed by atoms with Crippen molar-refractivity contribution in [2.45, 2.75) is 6.92 Å². The maximum Gasteiger partial charge on any atom is 0.183 e. The third-order valence-electron chi connectivity index (χ3n) is 1.94. The van der Waals surface area contributed by atoms with Crippen molar-refractivity contribution in [1.29, 1.82) is 0 Å². The summed E-state index contributed by atoms with van der Waals surface area (Å²) in [6.45, 7) is 1.91. The molecular weight excluding hydrogens is 202 g/mol. The highest BCUT2D eigenvalue weighted by Crippen LogP contribution is 1.99. The van der Waals surface area contributed by atoms with Gasteiger partial charge in [0.05, 0.1) is 11.9 Å². The smallest absolute Gasteiger partial charge is 0.183 e. The van der Waals surface area contributed by atoms with Gasteiger partial charge in [-0.1, -0.05) is 5.92 Å². The lowest BCUT2D eigenvalue weighted by Gasteiger charge is -1.90. The van der Waals surface area contributed by atoms with Crippen molar-refractivity contribution >= 4 is 6.29 Å². The van der Waals surface area contributed by atoms with Crippen molar-refractivity contribution in [2.24, 2.45) is 0 Å². The fourth-order valence-electron chi connectivity index (χ4n) is 1.21. The Morgan fingerprint density at radius 2 is 2.25 bits per heavy atom. The van der Waals surface area contributed by atoms with Gasteiger partial charge < -0.3 is 4.98 Å². The summed E-state index contributed by atoms with van der Waals surface area (Å²) in [5.41, 5.74) is 2.21. The molecule has 0 saturated heterocycles. The molecule has 0 fully saturated rings. The number of hydrogen-bond acceptors (Lipinski definition) is 3. The Kier molecular flexibility index (Phi) is 2.79. The van der Waals surface area contributed by atoms with E-state index in [4.69, 9.17) is 0 Å². The largest absolute Gasteiger partial charge is 0.329 e. The van der Waals surface area contributed by atoms with E-state index in [1.54, 1.807) is 6.20 Å². The monoisotopic (exact) mass is 211 g/mol. The van der Waals surface area contributed by atoms with Crippen molar-refractivity contribution in [3.8, 4) is 11.8 Å². The van der Waals surface area contributed by atoms with Gasteiger partial charge in [-0.15, -0.1) is 0 Å². The third kappa shape index (κ3) is 2.34. The van der Waals surface area contributed by atoms with Crippen molar-refractivity contribution in [1.82, 2.24) is 15.0 Å². The van der Waals surface area contributed by atoms with Crippen LogP contribution < -0.4 is 0 Å². The van der Waals surface area contributed by atoms with E-state index >= 15 is 0 Å². The minimum absolute atomic E-state index is 0.426. The Morgan fingerprint density at radius 1 is 1.38 bits per heavy atom. The van der Waals surface area contributed by atoms with Gasteiger partial charge in [-0.3, -0.25) is 9.78 Å². The number of H-pyrrole nitrogens is 1. The lowest BCUT2D eigenvalue weighted by atomic mass is 10.2. The summed E-state index contributed by atoms with van der Waals surface area (Å²) in [5.74, 6) is 6.26. The van der Waals surface area contributed by atoms with Crippen LogP contribution in [0.5, 0.6) is 0 Å². The molecule has 0 unspecified atom stereocenters. The SMILES string of the molecule is Cc1cc(C#Cc2ncc(C=O)[nH]2)ccn1. The zero-order valence-corrected chi connectivity index (χ0v) is 8.69. The molecule has 0 aliphatic rings.